The first kappa shape index (κ1) is 4.49. The number of likely N-dealkylation sites (N-methyl/N-ethyl adjacent to an activating group) is 1. The van der Waals surface area contributed by atoms with Crippen LogP contribution in [0.3, 0.4) is 0 Å². The number of carbonyl (C=O) groups is 1. The molecule has 0 bridgehead atoms. The Kier molecular flexibility index (Phi) is 1.23. The molecule has 3 rings (SSSR count). The van der Waals surface area contributed by atoms with Gasteiger partial charge in [-0.25, -0.2) is 4.79 Å². The summed E-state index contributed by atoms with van der Waals surface area (Å²) in [5, 5.41) is -0.638. The van der Waals surface area contributed by atoms with Gasteiger partial charge in [-0.2, -0.15) is 0 Å². The van der Waals surface area contributed by atoms with Crippen molar-refractivity contribution in [2.75, 3.05) is 27.1 Å². The zero-order valence-electron chi connectivity index (χ0n) is 26.6. The van der Waals surface area contributed by atoms with E-state index in [4.69, 9.17) is 22.0 Å². The van der Waals surface area contributed by atoms with Gasteiger partial charge >= 0.3 is 6.09 Å². The molecule has 1 aliphatic heterocycles. The molecule has 2 aromatic rings. The van der Waals surface area contributed by atoms with E-state index in [2.05, 4.69) is 4.74 Å². The monoisotopic (exact) mass is 303 g/mol. The lowest BCUT2D eigenvalue weighted by molar-refractivity contribution is 0.177. The molecule has 112 valence electrons. The first-order valence-electron chi connectivity index (χ1n) is 13.8. The van der Waals surface area contributed by atoms with Gasteiger partial charge in [0.15, 0.2) is 2.82 Å². The number of rotatable bonds is 5. The Bertz CT molecular complexity index is 1220. The van der Waals surface area contributed by atoms with Crippen molar-refractivity contribution in [3.8, 4) is 0 Å². The predicted octanol–water partition coefficient (Wildman–Crippen LogP) is 1.92. The van der Waals surface area contributed by atoms with E-state index in [1.165, 1.54) is 0 Å². The highest BCUT2D eigenvalue weighted by Crippen LogP contribution is 2.21. The highest BCUT2D eigenvalue weighted by Gasteiger charge is 2.22. The Labute approximate surface area is 146 Å². The lowest BCUT2D eigenvalue weighted by Gasteiger charge is -2.09. The van der Waals surface area contributed by atoms with Crippen molar-refractivity contribution in [1.82, 2.24) is 15.2 Å². The van der Waals surface area contributed by atoms with Crippen molar-refractivity contribution in [2.24, 2.45) is 0 Å². The molecule has 0 unspecified atom stereocenters. The second-order valence-electron chi connectivity index (χ2n) is 4.15. The SMILES string of the molecule is [2H]c1c(C([2H])([2H])CN(C([2H])([2H])[2H])C([2H])([2H])[2H])c2cc(C([2H])([2H])[C@]3([2H])N([2H])C(=O)OC3([2H])[2H])ccc2n1[2H]. The highest BCUT2D eigenvalue weighted by atomic mass is 16.6. The Morgan fingerprint density at radius 1 is 1.71 bits per heavy atom. The molecule has 2 N–H and O–H groups in total. The number of nitrogens with zero attached hydrogens (tertiary/aromatic N) is 1. The average Bonchev–Trinajstić information content (AvgIpc) is 3.07. The topological polar surface area (TPSA) is 57.4 Å². The Morgan fingerprint density at radius 2 is 2.62 bits per heavy atom. The van der Waals surface area contributed by atoms with Gasteiger partial charge in [0.2, 0.25) is 0 Å². The second-order valence-corrected chi connectivity index (χ2v) is 4.15. The number of hydrogen-bond donors (Lipinski definition) is 2. The third-order valence-corrected chi connectivity index (χ3v) is 2.67. The molecule has 5 heteroatoms. The summed E-state index contributed by atoms with van der Waals surface area (Å²) in [6, 6.07) is -0.351. The summed E-state index contributed by atoms with van der Waals surface area (Å²) in [5.74, 6) is 0. The van der Waals surface area contributed by atoms with E-state index in [1.807, 2.05) is 0 Å². The van der Waals surface area contributed by atoms with Crippen LogP contribution in [-0.4, -0.2) is 49.0 Å². The molecule has 0 saturated carbocycles. The quantitative estimate of drug-likeness (QED) is 0.887. The number of alkyl carbamates (subject to hydrolysis) is 1. The number of cyclic esters (lactones) is 1. The zero-order chi connectivity index (χ0) is 28.7. The number of aromatic nitrogens is 1. The summed E-state index contributed by atoms with van der Waals surface area (Å²) >= 11 is 0. The van der Waals surface area contributed by atoms with Crippen LogP contribution in [-0.2, 0) is 17.5 Å². The highest BCUT2D eigenvalue weighted by molar-refractivity contribution is 5.84. The van der Waals surface area contributed by atoms with E-state index in [-0.39, 0.29) is 21.1 Å². The van der Waals surface area contributed by atoms with Gasteiger partial charge in [-0.3, -0.25) is 0 Å². The number of fused-ring (bicyclic) bond motifs is 1. The lowest BCUT2D eigenvalue weighted by atomic mass is 10.0. The summed E-state index contributed by atoms with van der Waals surface area (Å²) in [7, 11) is 0. The van der Waals surface area contributed by atoms with E-state index in [1.54, 1.807) is 0 Å². The van der Waals surface area contributed by atoms with E-state index in [9.17, 15) is 4.79 Å². The number of benzene rings is 1. The third kappa shape index (κ3) is 3.19. The second kappa shape index (κ2) is 5.77. The largest absolute Gasteiger partial charge is 0.447 e. The van der Waals surface area contributed by atoms with Gasteiger partial charge in [0.1, 0.15) is 6.56 Å². The van der Waals surface area contributed by atoms with Gasteiger partial charge in [-0.05, 0) is 50.0 Å². The molecule has 1 fully saturated rings. The van der Waals surface area contributed by atoms with Crippen LogP contribution in [0.25, 0.3) is 10.9 Å². The molecule has 1 saturated heterocycles. The minimum absolute atomic E-state index is 0.0670. The fourth-order valence-corrected chi connectivity index (χ4v) is 1.80. The van der Waals surface area contributed by atoms with Crippen LogP contribution in [0.5, 0.6) is 0 Å². The van der Waals surface area contributed by atoms with E-state index in [0.29, 0.717) is 4.98 Å². The van der Waals surface area contributed by atoms with E-state index in [0.717, 1.165) is 18.2 Å². The van der Waals surface area contributed by atoms with Crippen LogP contribution in [0, 0.1) is 0 Å². The maximum atomic E-state index is 11.8. The van der Waals surface area contributed by atoms with Crippen molar-refractivity contribution in [2.45, 2.75) is 18.8 Å². The van der Waals surface area contributed by atoms with Crippen molar-refractivity contribution in [3.05, 3.63) is 35.5 Å². The van der Waals surface area contributed by atoms with Crippen molar-refractivity contribution >= 4 is 17.0 Å². The number of ether oxygens (including phenoxy) is 1. The first-order valence-corrected chi connectivity index (χ1v) is 5.86. The molecular weight excluding hydrogens is 266 g/mol. The molecule has 0 spiro atoms. The van der Waals surface area contributed by atoms with Gasteiger partial charge in [0.25, 0.3) is 0 Å². The third-order valence-electron chi connectivity index (χ3n) is 2.67. The zero-order valence-corrected chi connectivity index (χ0v) is 10.6. The van der Waals surface area contributed by atoms with Gasteiger partial charge in [-0.1, -0.05) is 6.07 Å². The van der Waals surface area contributed by atoms with Crippen LogP contribution < -0.4 is 5.31 Å². The molecule has 1 aromatic heterocycles. The van der Waals surface area contributed by atoms with Crippen LogP contribution in [0.2, 0.25) is 2.82 Å². The average molecular weight is 303 g/mol. The summed E-state index contributed by atoms with van der Waals surface area (Å²) in [5.41, 5.74) is -1.38. The normalized spacial score (nSPS) is 38.3. The van der Waals surface area contributed by atoms with Crippen LogP contribution in [0.15, 0.2) is 24.4 Å². The number of amides is 1. The number of carbonyl (C=O) groups excluding carboxylic acids is 1. The first-order chi connectivity index (χ1) is 16.4. The molecule has 5 nitrogen and oxygen atoms in total. The minimum atomic E-state index is -3.30. The number of aromatic amines is 1. The molecule has 1 aliphatic rings. The molecule has 1 aromatic carbocycles. The standard InChI is InChI=1S/C16H21N3O2/c1-19(2)6-5-12-9-17-15-4-3-11(8-14(12)15)7-13-10-21-16(20)18-13/h3-4,8-9,13,17H,5-7,10H2,1-2H3,(H,18,20)/t13-/m0/s1/i1D3,2D3,5D2,7D2,9D,10D2,13D/hD2. The molecule has 0 aliphatic carbocycles. The Balaban J connectivity index is 2.23. The fraction of sp³-hybridized carbons (Fsp3) is 0.438. The number of H-pyrrole nitrogens is 1. The van der Waals surface area contributed by atoms with Crippen molar-refractivity contribution in [1.29, 1.82) is 0 Å². The van der Waals surface area contributed by atoms with Gasteiger partial charge in [0, 0.05) is 37.3 Å². The molecule has 0 radical (unpaired) electrons. The molecule has 21 heavy (non-hydrogen) atoms. The van der Waals surface area contributed by atoms with E-state index < -0.39 is 69.2 Å². The smallest absolute Gasteiger partial charge is 0.407 e. The molecule has 2 heterocycles. The van der Waals surface area contributed by atoms with Gasteiger partial charge in [-0.15, -0.1) is 0 Å². The lowest BCUT2D eigenvalue weighted by Crippen LogP contribution is -2.28. The number of nitrogens with one attached hydrogen (secondary N) is 2. The summed E-state index contributed by atoms with van der Waals surface area (Å²) in [4.78, 5) is 12.2. The predicted molar refractivity (Wildman–Crippen MR) is 82.5 cm³/mol. The Hall–Kier alpha value is -2.01. The maximum absolute atomic E-state index is 11.8. The van der Waals surface area contributed by atoms with Crippen LogP contribution in [0.4, 0.5) is 4.79 Å². The Morgan fingerprint density at radius 3 is 3.38 bits per heavy atom. The summed E-state index contributed by atoms with van der Waals surface area (Å²) < 4.78 is 131. The summed E-state index contributed by atoms with van der Waals surface area (Å²) in [6.07, 6.45) is -8.50. The molecule has 1 amide bonds. The van der Waals surface area contributed by atoms with E-state index >= 15 is 0 Å². The van der Waals surface area contributed by atoms with Crippen molar-refractivity contribution in [3.63, 3.8) is 0 Å². The van der Waals surface area contributed by atoms with Crippen LogP contribution >= 0.6 is 0 Å². The molecule has 1 atom stereocenters. The maximum Gasteiger partial charge on any atom is 0.407 e. The van der Waals surface area contributed by atoms with Gasteiger partial charge < -0.3 is 19.9 Å². The van der Waals surface area contributed by atoms with Crippen molar-refractivity contribution < 1.29 is 31.5 Å². The summed E-state index contributed by atoms with van der Waals surface area (Å²) in [6.45, 7) is -11.1. The van der Waals surface area contributed by atoms with Crippen LogP contribution in [0.1, 0.15) is 30.3 Å². The fourth-order valence-electron chi connectivity index (χ4n) is 1.80. The number of hydrogen-bond acceptors (Lipinski definition) is 3. The van der Waals surface area contributed by atoms with Gasteiger partial charge in [0.05, 0.1) is 11.5 Å². The minimum Gasteiger partial charge on any atom is -0.447 e. The molecular formula is C16H21N3O2.